The van der Waals surface area contributed by atoms with Crippen molar-refractivity contribution in [3.63, 3.8) is 0 Å². The van der Waals surface area contributed by atoms with Gasteiger partial charge < -0.3 is 5.11 Å². The van der Waals surface area contributed by atoms with E-state index in [1.807, 2.05) is 12.1 Å². The second-order valence-electron chi connectivity index (χ2n) is 4.96. The summed E-state index contributed by atoms with van der Waals surface area (Å²) < 4.78 is 0. The van der Waals surface area contributed by atoms with Crippen molar-refractivity contribution in [2.45, 2.75) is 38.0 Å². The van der Waals surface area contributed by atoms with E-state index >= 15 is 0 Å². The van der Waals surface area contributed by atoms with Crippen molar-refractivity contribution in [3.05, 3.63) is 35.4 Å². The number of hydrogen-bond acceptors (Lipinski definition) is 2. The molecule has 90 valence electrons. The Morgan fingerprint density at radius 3 is 2.29 bits per heavy atom. The molecule has 1 aliphatic rings. The molecular weight excluding hydrogens is 210 g/mol. The standard InChI is InChI=1S/C15H19NO/c16-11-13-3-7-15(8-4-13)14-5-1-12(2-6-14)9-10-17/h3-4,7-8,12,14,17H,1-2,5-6,9-10H2. The largest absolute Gasteiger partial charge is 0.396 e. The van der Waals surface area contributed by atoms with Crippen LogP contribution in [0.15, 0.2) is 24.3 Å². The molecule has 17 heavy (non-hydrogen) atoms. The summed E-state index contributed by atoms with van der Waals surface area (Å²) in [5, 5.41) is 17.7. The van der Waals surface area contributed by atoms with Gasteiger partial charge in [0.15, 0.2) is 0 Å². The van der Waals surface area contributed by atoms with E-state index in [1.54, 1.807) is 0 Å². The van der Waals surface area contributed by atoms with Crippen LogP contribution in [-0.2, 0) is 0 Å². The van der Waals surface area contributed by atoms with Gasteiger partial charge in [0, 0.05) is 6.61 Å². The van der Waals surface area contributed by atoms with E-state index in [9.17, 15) is 0 Å². The summed E-state index contributed by atoms with van der Waals surface area (Å²) in [6.07, 6.45) is 5.85. The molecule has 1 saturated carbocycles. The Kier molecular flexibility index (Phi) is 4.17. The van der Waals surface area contributed by atoms with Crippen LogP contribution in [0.4, 0.5) is 0 Å². The summed E-state index contributed by atoms with van der Waals surface area (Å²) in [5.41, 5.74) is 2.11. The van der Waals surface area contributed by atoms with Gasteiger partial charge in [0.25, 0.3) is 0 Å². The molecule has 0 spiro atoms. The first-order valence-electron chi connectivity index (χ1n) is 6.44. The number of aliphatic hydroxyl groups is 1. The van der Waals surface area contributed by atoms with Crippen molar-refractivity contribution in [2.75, 3.05) is 6.61 Å². The van der Waals surface area contributed by atoms with Gasteiger partial charge in [-0.2, -0.15) is 5.26 Å². The number of hydrogen-bond donors (Lipinski definition) is 1. The molecule has 0 aliphatic heterocycles. The van der Waals surface area contributed by atoms with E-state index in [0.29, 0.717) is 12.5 Å². The quantitative estimate of drug-likeness (QED) is 0.864. The van der Waals surface area contributed by atoms with Gasteiger partial charge in [-0.05, 0) is 61.6 Å². The molecule has 1 N–H and O–H groups in total. The van der Waals surface area contributed by atoms with Crippen molar-refractivity contribution in [1.29, 1.82) is 5.26 Å². The Hall–Kier alpha value is -1.33. The maximum absolute atomic E-state index is 8.93. The summed E-state index contributed by atoms with van der Waals surface area (Å²) in [4.78, 5) is 0. The second-order valence-corrected chi connectivity index (χ2v) is 4.96. The van der Waals surface area contributed by atoms with Gasteiger partial charge in [-0.3, -0.25) is 0 Å². The van der Waals surface area contributed by atoms with E-state index in [2.05, 4.69) is 18.2 Å². The number of nitrogens with zero attached hydrogens (tertiary/aromatic N) is 1. The molecule has 0 heterocycles. The highest BCUT2D eigenvalue weighted by molar-refractivity contribution is 5.33. The van der Waals surface area contributed by atoms with Crippen molar-refractivity contribution in [2.24, 2.45) is 5.92 Å². The highest BCUT2D eigenvalue weighted by Gasteiger charge is 2.21. The van der Waals surface area contributed by atoms with Gasteiger partial charge >= 0.3 is 0 Å². The van der Waals surface area contributed by atoms with E-state index in [0.717, 1.165) is 17.9 Å². The summed E-state index contributed by atoms with van der Waals surface area (Å²) in [7, 11) is 0. The Bertz CT molecular complexity index is 382. The van der Waals surface area contributed by atoms with E-state index in [-0.39, 0.29) is 0 Å². The third kappa shape index (κ3) is 3.08. The van der Waals surface area contributed by atoms with Crippen LogP contribution in [0.5, 0.6) is 0 Å². The Morgan fingerprint density at radius 1 is 1.12 bits per heavy atom. The van der Waals surface area contributed by atoms with Gasteiger partial charge in [0.05, 0.1) is 11.6 Å². The molecule has 0 atom stereocenters. The van der Waals surface area contributed by atoms with Crippen LogP contribution in [0.2, 0.25) is 0 Å². The molecule has 0 radical (unpaired) electrons. The molecule has 0 unspecified atom stereocenters. The van der Waals surface area contributed by atoms with Crippen LogP contribution in [0, 0.1) is 17.2 Å². The van der Waals surface area contributed by atoms with Gasteiger partial charge in [-0.1, -0.05) is 12.1 Å². The van der Waals surface area contributed by atoms with Gasteiger partial charge in [0.2, 0.25) is 0 Å². The van der Waals surface area contributed by atoms with Crippen molar-refractivity contribution < 1.29 is 5.11 Å². The average Bonchev–Trinajstić information content (AvgIpc) is 2.40. The summed E-state index contributed by atoms with van der Waals surface area (Å²) in [6, 6.07) is 10.2. The Balaban J connectivity index is 1.94. The van der Waals surface area contributed by atoms with Crippen LogP contribution in [0.25, 0.3) is 0 Å². The molecule has 2 heteroatoms. The number of aliphatic hydroxyl groups excluding tert-OH is 1. The highest BCUT2D eigenvalue weighted by Crippen LogP contribution is 2.36. The monoisotopic (exact) mass is 229 g/mol. The fourth-order valence-corrected chi connectivity index (χ4v) is 2.80. The lowest BCUT2D eigenvalue weighted by atomic mass is 9.77. The topological polar surface area (TPSA) is 44.0 Å². The Labute approximate surface area is 103 Å². The lowest BCUT2D eigenvalue weighted by molar-refractivity contribution is 0.222. The fourth-order valence-electron chi connectivity index (χ4n) is 2.80. The lowest BCUT2D eigenvalue weighted by Crippen LogP contribution is -2.14. The molecule has 1 aromatic carbocycles. The molecule has 0 amide bonds. The van der Waals surface area contributed by atoms with Gasteiger partial charge in [0.1, 0.15) is 0 Å². The fraction of sp³-hybridized carbons (Fsp3) is 0.533. The molecule has 0 bridgehead atoms. The van der Waals surface area contributed by atoms with Crippen LogP contribution in [-0.4, -0.2) is 11.7 Å². The molecule has 0 saturated heterocycles. The average molecular weight is 229 g/mol. The first kappa shape index (κ1) is 12.1. The summed E-state index contributed by atoms with van der Waals surface area (Å²) in [5.74, 6) is 1.37. The van der Waals surface area contributed by atoms with Crippen LogP contribution >= 0.6 is 0 Å². The highest BCUT2D eigenvalue weighted by atomic mass is 16.3. The predicted octanol–water partition coefficient (Wildman–Crippen LogP) is 3.21. The molecular formula is C15H19NO. The molecule has 2 rings (SSSR count). The maximum atomic E-state index is 8.93. The third-order valence-corrected chi connectivity index (χ3v) is 3.90. The summed E-state index contributed by atoms with van der Waals surface area (Å²) in [6.45, 7) is 0.326. The molecule has 1 fully saturated rings. The minimum atomic E-state index is 0.326. The maximum Gasteiger partial charge on any atom is 0.0991 e. The molecule has 1 aliphatic carbocycles. The van der Waals surface area contributed by atoms with Gasteiger partial charge in [-0.15, -0.1) is 0 Å². The van der Waals surface area contributed by atoms with Crippen molar-refractivity contribution >= 4 is 0 Å². The van der Waals surface area contributed by atoms with Crippen molar-refractivity contribution in [3.8, 4) is 6.07 Å². The smallest absolute Gasteiger partial charge is 0.0991 e. The van der Waals surface area contributed by atoms with Crippen LogP contribution < -0.4 is 0 Å². The number of benzene rings is 1. The summed E-state index contributed by atoms with van der Waals surface area (Å²) >= 11 is 0. The number of nitriles is 1. The predicted molar refractivity (Wildman–Crippen MR) is 67.6 cm³/mol. The van der Waals surface area contributed by atoms with Crippen molar-refractivity contribution in [1.82, 2.24) is 0 Å². The zero-order chi connectivity index (χ0) is 12.1. The minimum Gasteiger partial charge on any atom is -0.396 e. The Morgan fingerprint density at radius 2 is 1.76 bits per heavy atom. The minimum absolute atomic E-state index is 0.326. The zero-order valence-electron chi connectivity index (χ0n) is 10.1. The SMILES string of the molecule is N#Cc1ccc(C2CCC(CCO)CC2)cc1. The first-order valence-corrected chi connectivity index (χ1v) is 6.44. The number of rotatable bonds is 3. The van der Waals surface area contributed by atoms with E-state index in [1.165, 1.54) is 31.2 Å². The normalized spacial score (nSPS) is 24.2. The van der Waals surface area contributed by atoms with Crippen LogP contribution in [0.1, 0.15) is 49.1 Å². The van der Waals surface area contributed by atoms with E-state index in [4.69, 9.17) is 10.4 Å². The lowest BCUT2D eigenvalue weighted by Gasteiger charge is -2.28. The first-order chi connectivity index (χ1) is 8.33. The molecule has 2 nitrogen and oxygen atoms in total. The third-order valence-electron chi connectivity index (χ3n) is 3.90. The molecule has 1 aromatic rings. The van der Waals surface area contributed by atoms with Crippen LogP contribution in [0.3, 0.4) is 0 Å². The van der Waals surface area contributed by atoms with Gasteiger partial charge in [-0.25, -0.2) is 0 Å². The molecule has 0 aromatic heterocycles. The second kappa shape index (κ2) is 5.84. The zero-order valence-corrected chi connectivity index (χ0v) is 10.1. The van der Waals surface area contributed by atoms with E-state index < -0.39 is 0 Å².